The van der Waals surface area contributed by atoms with Crippen LogP contribution in [0.1, 0.15) is 19.4 Å². The number of hydrogen-bond acceptors (Lipinski definition) is 5. The minimum atomic E-state index is -1.16. The van der Waals surface area contributed by atoms with E-state index in [9.17, 15) is 19.7 Å². The molecule has 0 atom stereocenters. The standard InChI is InChI=1S/C17H15ClN4O4/c1-17(2)15(23)20(10-11-3-5-12(18)6-4-11)16(24)21(17)14-8-7-13(9-19-14)22(25)26/h3-9H,10H2,1-2H3. The maximum atomic E-state index is 12.9. The minimum Gasteiger partial charge on any atom is -0.272 e. The molecule has 0 aliphatic carbocycles. The van der Waals surface area contributed by atoms with E-state index in [0.29, 0.717) is 5.02 Å². The van der Waals surface area contributed by atoms with Crippen LogP contribution in [0.15, 0.2) is 42.6 Å². The zero-order valence-electron chi connectivity index (χ0n) is 14.0. The summed E-state index contributed by atoms with van der Waals surface area (Å²) in [5.41, 5.74) is -0.597. The predicted octanol–water partition coefficient (Wildman–Crippen LogP) is 3.39. The number of anilines is 1. The first-order valence-corrected chi connectivity index (χ1v) is 8.10. The van der Waals surface area contributed by atoms with E-state index in [1.54, 1.807) is 38.1 Å². The van der Waals surface area contributed by atoms with Crippen molar-refractivity contribution >= 4 is 35.0 Å². The lowest BCUT2D eigenvalue weighted by atomic mass is 10.0. The van der Waals surface area contributed by atoms with Crippen molar-refractivity contribution in [1.82, 2.24) is 9.88 Å². The molecular formula is C17H15ClN4O4. The number of nitro groups is 1. The summed E-state index contributed by atoms with van der Waals surface area (Å²) < 4.78 is 0. The fraction of sp³-hybridized carbons (Fsp3) is 0.235. The normalized spacial score (nSPS) is 16.3. The number of pyridine rings is 1. The van der Waals surface area contributed by atoms with Gasteiger partial charge in [-0.2, -0.15) is 0 Å². The molecule has 3 amide bonds. The predicted molar refractivity (Wildman–Crippen MR) is 94.8 cm³/mol. The molecule has 26 heavy (non-hydrogen) atoms. The monoisotopic (exact) mass is 374 g/mol. The smallest absolute Gasteiger partial charge is 0.272 e. The number of carbonyl (C=O) groups excluding carboxylic acids is 2. The van der Waals surface area contributed by atoms with Crippen molar-refractivity contribution in [1.29, 1.82) is 0 Å². The molecule has 0 spiro atoms. The Morgan fingerprint density at radius 3 is 2.35 bits per heavy atom. The number of urea groups is 1. The van der Waals surface area contributed by atoms with E-state index >= 15 is 0 Å². The molecule has 1 saturated heterocycles. The number of aromatic nitrogens is 1. The van der Waals surface area contributed by atoms with Crippen LogP contribution in [0.2, 0.25) is 5.02 Å². The summed E-state index contributed by atoms with van der Waals surface area (Å²) >= 11 is 5.86. The highest BCUT2D eigenvalue weighted by atomic mass is 35.5. The van der Waals surface area contributed by atoms with Crippen molar-refractivity contribution in [3.8, 4) is 0 Å². The van der Waals surface area contributed by atoms with Crippen molar-refractivity contribution in [2.45, 2.75) is 25.9 Å². The lowest BCUT2D eigenvalue weighted by Crippen LogP contribution is -2.44. The van der Waals surface area contributed by atoms with Crippen LogP contribution in [0.4, 0.5) is 16.3 Å². The Bertz CT molecular complexity index is 881. The van der Waals surface area contributed by atoms with Gasteiger partial charge < -0.3 is 0 Å². The van der Waals surface area contributed by atoms with Crippen molar-refractivity contribution in [3.63, 3.8) is 0 Å². The fourth-order valence-electron chi connectivity index (χ4n) is 2.79. The molecule has 2 aromatic rings. The van der Waals surface area contributed by atoms with Crippen LogP contribution in [-0.2, 0) is 11.3 Å². The van der Waals surface area contributed by atoms with E-state index in [2.05, 4.69) is 4.98 Å². The van der Waals surface area contributed by atoms with Crippen LogP contribution in [-0.4, -0.2) is 32.3 Å². The lowest BCUT2D eigenvalue weighted by Gasteiger charge is -2.26. The third kappa shape index (κ3) is 2.99. The van der Waals surface area contributed by atoms with Gasteiger partial charge in [0.05, 0.1) is 11.5 Å². The second-order valence-corrected chi connectivity index (χ2v) is 6.76. The Morgan fingerprint density at radius 2 is 1.81 bits per heavy atom. The van der Waals surface area contributed by atoms with Gasteiger partial charge >= 0.3 is 6.03 Å². The van der Waals surface area contributed by atoms with Gasteiger partial charge in [-0.1, -0.05) is 23.7 Å². The molecule has 9 heteroatoms. The van der Waals surface area contributed by atoms with Gasteiger partial charge in [-0.15, -0.1) is 0 Å². The topological polar surface area (TPSA) is 96.7 Å². The first-order valence-electron chi connectivity index (χ1n) is 7.73. The van der Waals surface area contributed by atoms with Crippen LogP contribution in [0, 0.1) is 10.1 Å². The number of rotatable bonds is 4. The number of hydrogen-bond donors (Lipinski definition) is 0. The molecule has 1 aliphatic rings. The van der Waals surface area contributed by atoms with E-state index in [4.69, 9.17) is 11.6 Å². The Balaban J connectivity index is 1.91. The molecule has 0 N–H and O–H groups in total. The number of carbonyl (C=O) groups is 2. The average molecular weight is 375 g/mol. The molecule has 1 aliphatic heterocycles. The molecule has 0 bridgehead atoms. The van der Waals surface area contributed by atoms with E-state index in [-0.39, 0.29) is 24.0 Å². The van der Waals surface area contributed by atoms with Gasteiger partial charge in [0.2, 0.25) is 0 Å². The highest BCUT2D eigenvalue weighted by Gasteiger charge is 2.52. The van der Waals surface area contributed by atoms with Crippen LogP contribution in [0.25, 0.3) is 0 Å². The molecule has 0 radical (unpaired) electrons. The van der Waals surface area contributed by atoms with Crippen molar-refractivity contribution in [2.24, 2.45) is 0 Å². The molecule has 0 unspecified atom stereocenters. The fourth-order valence-corrected chi connectivity index (χ4v) is 2.91. The Hall–Kier alpha value is -3.00. The maximum absolute atomic E-state index is 12.9. The first kappa shape index (κ1) is 17.8. The third-order valence-electron chi connectivity index (χ3n) is 4.18. The Morgan fingerprint density at radius 1 is 1.15 bits per heavy atom. The summed E-state index contributed by atoms with van der Waals surface area (Å²) in [6.45, 7) is 3.32. The van der Waals surface area contributed by atoms with Crippen LogP contribution in [0.5, 0.6) is 0 Å². The second kappa shape index (κ2) is 6.38. The molecule has 1 fully saturated rings. The van der Waals surface area contributed by atoms with E-state index in [1.165, 1.54) is 17.0 Å². The van der Waals surface area contributed by atoms with Gasteiger partial charge in [-0.25, -0.2) is 9.78 Å². The van der Waals surface area contributed by atoms with E-state index in [0.717, 1.165) is 16.7 Å². The average Bonchev–Trinajstić information content (AvgIpc) is 2.76. The molecule has 134 valence electrons. The molecule has 3 rings (SSSR count). The number of halogens is 1. The zero-order valence-corrected chi connectivity index (χ0v) is 14.8. The van der Waals surface area contributed by atoms with Crippen molar-refractivity contribution in [3.05, 3.63) is 63.3 Å². The van der Waals surface area contributed by atoms with Gasteiger partial charge in [-0.3, -0.25) is 24.7 Å². The summed E-state index contributed by atoms with van der Waals surface area (Å²) in [6.07, 6.45) is 1.06. The van der Waals surface area contributed by atoms with Crippen molar-refractivity contribution < 1.29 is 14.5 Å². The van der Waals surface area contributed by atoms with Gasteiger partial charge in [-0.05, 0) is 37.6 Å². The quantitative estimate of drug-likeness (QED) is 0.464. The number of benzene rings is 1. The summed E-state index contributed by atoms with van der Waals surface area (Å²) in [4.78, 5) is 42.2. The number of imide groups is 1. The van der Waals surface area contributed by atoms with Gasteiger partial charge in [0, 0.05) is 11.1 Å². The van der Waals surface area contributed by atoms with Gasteiger partial charge in [0.15, 0.2) is 0 Å². The molecule has 0 saturated carbocycles. The van der Waals surface area contributed by atoms with Crippen LogP contribution in [0.3, 0.4) is 0 Å². The SMILES string of the molecule is CC1(C)C(=O)N(Cc2ccc(Cl)cc2)C(=O)N1c1ccc([N+](=O)[O-])cn1. The summed E-state index contributed by atoms with van der Waals surface area (Å²) in [5.74, 6) is -0.199. The maximum Gasteiger partial charge on any atom is 0.333 e. The Labute approximate surface area is 154 Å². The second-order valence-electron chi connectivity index (χ2n) is 6.33. The number of nitrogens with zero attached hydrogens (tertiary/aromatic N) is 4. The zero-order chi connectivity index (χ0) is 19.1. The van der Waals surface area contributed by atoms with Crippen molar-refractivity contribution in [2.75, 3.05) is 4.90 Å². The van der Waals surface area contributed by atoms with Crippen LogP contribution < -0.4 is 4.90 Å². The first-order chi connectivity index (χ1) is 12.2. The van der Waals surface area contributed by atoms with Gasteiger partial charge in [0.1, 0.15) is 17.6 Å². The third-order valence-corrected chi connectivity index (χ3v) is 4.43. The van der Waals surface area contributed by atoms with Crippen LogP contribution >= 0.6 is 11.6 Å². The summed E-state index contributed by atoms with van der Waals surface area (Å²) in [7, 11) is 0. The number of amides is 3. The highest BCUT2D eigenvalue weighted by Crippen LogP contribution is 2.33. The highest BCUT2D eigenvalue weighted by molar-refractivity contribution is 6.30. The van der Waals surface area contributed by atoms with E-state index in [1.807, 2.05) is 0 Å². The lowest BCUT2D eigenvalue weighted by molar-refractivity contribution is -0.385. The molecule has 8 nitrogen and oxygen atoms in total. The summed E-state index contributed by atoms with van der Waals surface area (Å²) in [5, 5.41) is 11.3. The molecule has 2 heterocycles. The van der Waals surface area contributed by atoms with E-state index < -0.39 is 16.5 Å². The largest absolute Gasteiger partial charge is 0.333 e. The minimum absolute atomic E-state index is 0.0990. The molecular weight excluding hydrogens is 360 g/mol. The summed E-state index contributed by atoms with van der Waals surface area (Å²) in [6, 6.07) is 8.92. The molecule has 1 aromatic heterocycles. The Kier molecular flexibility index (Phi) is 4.37. The van der Waals surface area contributed by atoms with Gasteiger partial charge in [0.25, 0.3) is 11.6 Å². The molecule has 1 aromatic carbocycles.